The predicted molar refractivity (Wildman–Crippen MR) is 290 cm³/mol. The van der Waals surface area contributed by atoms with Crippen LogP contribution in [-0.2, 0) is 19.2 Å². The minimum absolute atomic E-state index is 0.105. The molecule has 0 spiro atoms. The lowest BCUT2D eigenvalue weighted by Crippen LogP contribution is -2.19. The number of ketones is 4. The van der Waals surface area contributed by atoms with Crippen LogP contribution >= 0.6 is 0 Å². The van der Waals surface area contributed by atoms with Crippen LogP contribution in [0, 0.1) is 0 Å². The number of hydrogen-bond donors (Lipinski definition) is 0. The van der Waals surface area contributed by atoms with Gasteiger partial charge in [-0.25, -0.2) is 29.0 Å². The second kappa shape index (κ2) is 35.3. The molecule has 76 heavy (non-hydrogen) atoms. The van der Waals surface area contributed by atoms with E-state index in [1.807, 2.05) is 0 Å². The Morgan fingerprint density at radius 1 is 0.342 bits per heavy atom. The third-order valence-electron chi connectivity index (χ3n) is 12.9. The summed E-state index contributed by atoms with van der Waals surface area (Å²) in [5.41, 5.74) is -1.16. The molecule has 4 rings (SSSR count). The first-order valence-corrected chi connectivity index (χ1v) is 27.7. The molecule has 410 valence electrons. The second-order valence-corrected chi connectivity index (χ2v) is 19.0. The standard InChI is InChI=1S/C62H78O14/c1-5-9-13-17-21-29-41-71-61(69)73-55-39-37-45(53(63)35-23-19-15-11-7-3)43-51(55)57(65)47-31-25-27-33-49(47)59(67)75-76-60(68)50-34-28-26-32-48(50)58(66)52-44-46(54(64)36-24-20-16-12-8-4)38-40-56(52)74-62(70)72-42-30-22-18-14-10-6-2/h25-28,31-34,37-40,43-44H,5-24,29-30,35-36,41-42H2,1-4H3. The lowest BCUT2D eigenvalue weighted by atomic mass is 9.94. The van der Waals surface area contributed by atoms with Gasteiger partial charge in [-0.1, -0.05) is 180 Å². The Balaban J connectivity index is 1.57. The molecule has 0 amide bonds. The first kappa shape index (κ1) is 61.6. The van der Waals surface area contributed by atoms with Gasteiger partial charge in [-0.3, -0.25) is 19.2 Å². The number of ether oxygens (including phenoxy) is 4. The molecular weight excluding hydrogens is 969 g/mol. The highest BCUT2D eigenvalue weighted by Gasteiger charge is 2.29. The van der Waals surface area contributed by atoms with Gasteiger partial charge < -0.3 is 18.9 Å². The highest BCUT2D eigenvalue weighted by atomic mass is 17.2. The van der Waals surface area contributed by atoms with E-state index in [1.54, 1.807) is 0 Å². The minimum atomic E-state index is -1.27. The monoisotopic (exact) mass is 1050 g/mol. The molecule has 0 unspecified atom stereocenters. The van der Waals surface area contributed by atoms with Crippen LogP contribution in [0.3, 0.4) is 0 Å². The summed E-state index contributed by atoms with van der Waals surface area (Å²) in [5.74, 6) is -5.01. The average molecular weight is 1050 g/mol. The smallest absolute Gasteiger partial charge is 0.434 e. The van der Waals surface area contributed by atoms with Crippen molar-refractivity contribution in [3.8, 4) is 11.5 Å². The maximum Gasteiger partial charge on any atom is 0.513 e. The van der Waals surface area contributed by atoms with Crippen molar-refractivity contribution in [3.63, 3.8) is 0 Å². The average Bonchev–Trinajstić information content (AvgIpc) is 3.43. The molecule has 14 heteroatoms. The molecule has 0 aliphatic carbocycles. The highest BCUT2D eigenvalue weighted by Crippen LogP contribution is 2.29. The molecule has 0 aromatic heterocycles. The minimum Gasteiger partial charge on any atom is -0.434 e. The summed E-state index contributed by atoms with van der Waals surface area (Å²) in [4.78, 5) is 119. The first-order valence-electron chi connectivity index (χ1n) is 27.7. The number of unbranched alkanes of at least 4 members (excludes halogenated alkanes) is 18. The first-order chi connectivity index (χ1) is 36.9. The van der Waals surface area contributed by atoms with Crippen LogP contribution in [0.5, 0.6) is 11.5 Å². The third-order valence-corrected chi connectivity index (χ3v) is 12.9. The molecule has 0 saturated carbocycles. The van der Waals surface area contributed by atoms with E-state index in [0.717, 1.165) is 116 Å². The number of carbonyl (C=O) groups is 8. The SMILES string of the molecule is CCCCCCCCOC(=O)Oc1ccc(C(=O)CCCCCCC)cc1C(=O)c1ccccc1C(=O)OOC(=O)c1ccccc1C(=O)c1cc(C(=O)CCCCCCC)ccc1OC(=O)OCCCCCCCC. The summed E-state index contributed by atoms with van der Waals surface area (Å²) in [6.07, 6.45) is 19.2. The van der Waals surface area contributed by atoms with Gasteiger partial charge in [0.2, 0.25) is 0 Å². The van der Waals surface area contributed by atoms with E-state index in [0.29, 0.717) is 25.7 Å². The summed E-state index contributed by atoms with van der Waals surface area (Å²) in [7, 11) is 0. The van der Waals surface area contributed by atoms with E-state index in [9.17, 15) is 38.4 Å². The van der Waals surface area contributed by atoms with Crippen molar-refractivity contribution >= 4 is 47.4 Å². The predicted octanol–water partition coefficient (Wildman–Crippen LogP) is 15.9. The fraction of sp³-hybridized carbons (Fsp3) is 0.484. The van der Waals surface area contributed by atoms with Gasteiger partial charge in [0.15, 0.2) is 23.1 Å². The van der Waals surface area contributed by atoms with Crippen molar-refractivity contribution in [2.45, 2.75) is 182 Å². The van der Waals surface area contributed by atoms with Crippen molar-refractivity contribution in [3.05, 3.63) is 129 Å². The van der Waals surface area contributed by atoms with Crippen molar-refractivity contribution in [2.75, 3.05) is 13.2 Å². The van der Waals surface area contributed by atoms with Gasteiger partial charge in [-0.05, 0) is 74.2 Å². The van der Waals surface area contributed by atoms with Crippen molar-refractivity contribution < 1.29 is 67.1 Å². The number of Topliss-reactive ketones (excluding diaryl/α,β-unsaturated/α-hetero) is 2. The van der Waals surface area contributed by atoms with Gasteiger partial charge in [0.05, 0.1) is 35.5 Å². The van der Waals surface area contributed by atoms with Gasteiger partial charge in [0.1, 0.15) is 11.5 Å². The molecule has 0 heterocycles. The number of carbonyl (C=O) groups excluding carboxylic acids is 8. The lowest BCUT2D eigenvalue weighted by molar-refractivity contribution is -0.187. The number of hydrogen-bond acceptors (Lipinski definition) is 14. The van der Waals surface area contributed by atoms with Crippen LogP contribution in [0.2, 0.25) is 0 Å². The number of benzene rings is 4. The zero-order valence-electron chi connectivity index (χ0n) is 45.2. The van der Waals surface area contributed by atoms with Crippen LogP contribution < -0.4 is 9.47 Å². The second-order valence-electron chi connectivity index (χ2n) is 19.0. The van der Waals surface area contributed by atoms with E-state index in [1.165, 1.54) is 84.9 Å². The van der Waals surface area contributed by atoms with E-state index in [4.69, 9.17) is 28.7 Å². The molecule has 0 fully saturated rings. The summed E-state index contributed by atoms with van der Waals surface area (Å²) >= 11 is 0. The molecule has 0 saturated heterocycles. The van der Waals surface area contributed by atoms with Crippen molar-refractivity contribution in [2.24, 2.45) is 0 Å². The van der Waals surface area contributed by atoms with Crippen LogP contribution in [0.25, 0.3) is 0 Å². The van der Waals surface area contributed by atoms with Gasteiger partial charge >= 0.3 is 24.2 Å². The quantitative estimate of drug-likeness (QED) is 0.0104. The molecule has 14 nitrogen and oxygen atoms in total. The number of rotatable bonds is 36. The Labute approximate surface area is 448 Å². The Morgan fingerprint density at radius 3 is 1.01 bits per heavy atom. The Hall–Kier alpha value is -6.96. The Kier molecular flexibility index (Phi) is 28.6. The summed E-state index contributed by atoms with van der Waals surface area (Å²) in [6.45, 7) is 8.66. The summed E-state index contributed by atoms with van der Waals surface area (Å²) < 4.78 is 21.7. The summed E-state index contributed by atoms with van der Waals surface area (Å²) in [6, 6.07) is 19.3. The topological polar surface area (TPSA) is 192 Å². The molecule has 4 aromatic rings. The normalized spacial score (nSPS) is 10.8. The molecule has 0 radical (unpaired) electrons. The van der Waals surface area contributed by atoms with E-state index in [2.05, 4.69) is 27.7 Å². The van der Waals surface area contributed by atoms with Gasteiger partial charge in [0, 0.05) is 35.1 Å². The Bertz CT molecular complexity index is 2350. The maximum atomic E-state index is 14.5. The molecule has 0 atom stereocenters. The zero-order valence-corrected chi connectivity index (χ0v) is 45.2. The molecule has 0 N–H and O–H groups in total. The van der Waals surface area contributed by atoms with Crippen molar-refractivity contribution in [1.29, 1.82) is 0 Å². The fourth-order valence-corrected chi connectivity index (χ4v) is 8.49. The third kappa shape index (κ3) is 21.0. The maximum absolute atomic E-state index is 14.5. The molecular formula is C62H78O14. The van der Waals surface area contributed by atoms with Crippen molar-refractivity contribution in [1.82, 2.24) is 0 Å². The van der Waals surface area contributed by atoms with Crippen LogP contribution in [0.15, 0.2) is 84.9 Å². The molecule has 0 bridgehead atoms. The van der Waals surface area contributed by atoms with Gasteiger partial charge in [-0.15, -0.1) is 0 Å². The highest BCUT2D eigenvalue weighted by molar-refractivity contribution is 6.18. The van der Waals surface area contributed by atoms with E-state index >= 15 is 0 Å². The summed E-state index contributed by atoms with van der Waals surface area (Å²) in [5, 5.41) is 0. The lowest BCUT2D eigenvalue weighted by Gasteiger charge is -2.14. The van der Waals surface area contributed by atoms with Gasteiger partial charge in [-0.2, -0.15) is 0 Å². The fourth-order valence-electron chi connectivity index (χ4n) is 8.49. The van der Waals surface area contributed by atoms with E-state index < -0.39 is 35.8 Å². The molecule has 4 aromatic carbocycles. The largest absolute Gasteiger partial charge is 0.513 e. The van der Waals surface area contributed by atoms with Crippen LogP contribution in [-0.4, -0.2) is 60.6 Å². The van der Waals surface area contributed by atoms with Crippen LogP contribution in [0.1, 0.15) is 255 Å². The molecule has 0 aliphatic heterocycles. The van der Waals surface area contributed by atoms with E-state index in [-0.39, 0.29) is 93.6 Å². The molecule has 0 aliphatic rings. The Morgan fingerprint density at radius 2 is 0.658 bits per heavy atom. The van der Waals surface area contributed by atoms with Gasteiger partial charge in [0.25, 0.3) is 0 Å². The zero-order chi connectivity index (χ0) is 54.9. The van der Waals surface area contributed by atoms with Crippen LogP contribution in [0.4, 0.5) is 9.59 Å².